The highest BCUT2D eigenvalue weighted by Crippen LogP contribution is 2.26. The second-order valence-electron chi connectivity index (χ2n) is 4.03. The summed E-state index contributed by atoms with van der Waals surface area (Å²) in [5.74, 6) is -0.291. The molecule has 0 radical (unpaired) electrons. The first-order chi connectivity index (χ1) is 8.58. The normalized spacial score (nSPS) is 10.1. The van der Waals surface area contributed by atoms with Crippen LogP contribution in [0.1, 0.15) is 21.5 Å². The monoisotopic (exact) mass is 243 g/mol. The minimum absolute atomic E-state index is 0.139. The molecule has 0 bridgehead atoms. The number of ether oxygens (including phenoxy) is 1. The van der Waals surface area contributed by atoms with E-state index in [1.54, 1.807) is 30.5 Å². The molecule has 0 fully saturated rings. The highest BCUT2D eigenvalue weighted by atomic mass is 16.5. The topological polar surface area (TPSA) is 59.4 Å². The molecule has 0 atom stereocenters. The van der Waals surface area contributed by atoms with Crippen molar-refractivity contribution in [1.82, 2.24) is 4.98 Å². The van der Waals surface area contributed by atoms with Crippen molar-refractivity contribution < 1.29 is 14.6 Å². The first-order valence-electron chi connectivity index (χ1n) is 5.51. The molecular formula is C14H13NO3. The van der Waals surface area contributed by atoms with Crippen molar-refractivity contribution in [3.8, 4) is 11.6 Å². The molecule has 92 valence electrons. The van der Waals surface area contributed by atoms with Crippen LogP contribution in [0, 0.1) is 13.8 Å². The highest BCUT2D eigenvalue weighted by Gasteiger charge is 2.13. The average Bonchev–Trinajstić information content (AvgIpc) is 2.34. The van der Waals surface area contributed by atoms with Gasteiger partial charge in [0.1, 0.15) is 11.3 Å². The van der Waals surface area contributed by atoms with Gasteiger partial charge in [-0.25, -0.2) is 9.78 Å². The summed E-state index contributed by atoms with van der Waals surface area (Å²) in [4.78, 5) is 15.2. The number of nitrogens with zero attached hydrogens (tertiary/aromatic N) is 1. The molecule has 0 saturated heterocycles. The largest absolute Gasteiger partial charge is 0.478 e. The van der Waals surface area contributed by atoms with E-state index in [1.807, 2.05) is 19.9 Å². The van der Waals surface area contributed by atoms with Crippen molar-refractivity contribution in [3.63, 3.8) is 0 Å². The zero-order valence-corrected chi connectivity index (χ0v) is 10.2. The lowest BCUT2D eigenvalue weighted by Crippen LogP contribution is -2.01. The summed E-state index contributed by atoms with van der Waals surface area (Å²) in [6.07, 6.45) is 1.61. The number of pyridine rings is 1. The van der Waals surface area contributed by atoms with Crippen LogP contribution < -0.4 is 4.74 Å². The van der Waals surface area contributed by atoms with Crippen LogP contribution in [0.2, 0.25) is 0 Å². The number of aromatic nitrogens is 1. The van der Waals surface area contributed by atoms with Crippen LogP contribution in [0.5, 0.6) is 11.6 Å². The van der Waals surface area contributed by atoms with Gasteiger partial charge >= 0.3 is 5.97 Å². The average molecular weight is 243 g/mol. The van der Waals surface area contributed by atoms with Crippen molar-refractivity contribution in [3.05, 3.63) is 53.2 Å². The molecule has 4 heteroatoms. The lowest BCUT2D eigenvalue weighted by molar-refractivity contribution is 0.0694. The summed E-state index contributed by atoms with van der Waals surface area (Å²) >= 11 is 0. The van der Waals surface area contributed by atoms with Gasteiger partial charge in [-0.05, 0) is 32.0 Å². The number of carboxylic acids is 1. The zero-order chi connectivity index (χ0) is 13.1. The molecule has 4 nitrogen and oxygen atoms in total. The van der Waals surface area contributed by atoms with Crippen molar-refractivity contribution in [1.29, 1.82) is 0 Å². The van der Waals surface area contributed by atoms with Crippen LogP contribution in [-0.4, -0.2) is 16.1 Å². The number of rotatable bonds is 3. The second kappa shape index (κ2) is 4.87. The summed E-state index contributed by atoms with van der Waals surface area (Å²) in [5, 5.41) is 9.14. The van der Waals surface area contributed by atoms with Crippen LogP contribution in [0.3, 0.4) is 0 Å². The Kier molecular flexibility index (Phi) is 3.28. The maximum atomic E-state index is 11.1. The first-order valence-corrected chi connectivity index (χ1v) is 5.51. The Bertz CT molecular complexity index is 593. The quantitative estimate of drug-likeness (QED) is 0.899. The predicted octanol–water partition coefficient (Wildman–Crippen LogP) is 3.19. The maximum Gasteiger partial charge on any atom is 0.339 e. The minimum Gasteiger partial charge on any atom is -0.478 e. The van der Waals surface area contributed by atoms with E-state index in [2.05, 4.69) is 4.98 Å². The van der Waals surface area contributed by atoms with E-state index < -0.39 is 5.97 Å². The lowest BCUT2D eigenvalue weighted by Gasteiger charge is -2.10. The van der Waals surface area contributed by atoms with Crippen molar-refractivity contribution >= 4 is 5.97 Å². The summed E-state index contributed by atoms with van der Waals surface area (Å²) in [6.45, 7) is 3.69. The van der Waals surface area contributed by atoms with Gasteiger partial charge in [0.15, 0.2) is 0 Å². The van der Waals surface area contributed by atoms with Gasteiger partial charge in [0.05, 0.1) is 0 Å². The van der Waals surface area contributed by atoms with Gasteiger partial charge in [0.25, 0.3) is 0 Å². The number of carbonyl (C=O) groups is 1. The molecule has 0 saturated carbocycles. The molecule has 2 aromatic rings. The van der Waals surface area contributed by atoms with E-state index >= 15 is 0 Å². The van der Waals surface area contributed by atoms with E-state index in [-0.39, 0.29) is 5.56 Å². The third-order valence-corrected chi connectivity index (χ3v) is 2.53. The molecule has 2 rings (SSSR count). The SMILES string of the molecule is Cc1ccc(Oc2ncccc2C)c(C(=O)O)c1. The molecule has 0 unspecified atom stereocenters. The number of aryl methyl sites for hydroxylation is 2. The Morgan fingerprint density at radius 1 is 1.28 bits per heavy atom. The Balaban J connectivity index is 2.41. The zero-order valence-electron chi connectivity index (χ0n) is 10.2. The van der Waals surface area contributed by atoms with E-state index in [0.29, 0.717) is 11.6 Å². The summed E-state index contributed by atoms with van der Waals surface area (Å²) in [7, 11) is 0. The van der Waals surface area contributed by atoms with Gasteiger partial charge in [-0.15, -0.1) is 0 Å². The molecule has 1 aromatic carbocycles. The number of carboxylic acid groups (broad SMARTS) is 1. The van der Waals surface area contributed by atoms with Crippen molar-refractivity contribution in [2.45, 2.75) is 13.8 Å². The number of hydrogen-bond acceptors (Lipinski definition) is 3. The fraction of sp³-hybridized carbons (Fsp3) is 0.143. The first kappa shape index (κ1) is 12.1. The van der Waals surface area contributed by atoms with E-state index in [4.69, 9.17) is 9.84 Å². The van der Waals surface area contributed by atoms with Crippen molar-refractivity contribution in [2.75, 3.05) is 0 Å². The number of hydrogen-bond donors (Lipinski definition) is 1. The number of benzene rings is 1. The Morgan fingerprint density at radius 2 is 2.06 bits per heavy atom. The third kappa shape index (κ3) is 2.48. The molecule has 1 N–H and O–H groups in total. The van der Waals surface area contributed by atoms with Crippen LogP contribution in [0.25, 0.3) is 0 Å². The lowest BCUT2D eigenvalue weighted by atomic mass is 10.1. The third-order valence-electron chi connectivity index (χ3n) is 2.53. The van der Waals surface area contributed by atoms with E-state index in [1.165, 1.54) is 0 Å². The van der Waals surface area contributed by atoms with Gasteiger partial charge < -0.3 is 9.84 Å². The molecule has 0 aliphatic carbocycles. The van der Waals surface area contributed by atoms with Crippen LogP contribution in [0.15, 0.2) is 36.5 Å². The molecule has 1 heterocycles. The Labute approximate surface area is 105 Å². The Hall–Kier alpha value is -2.36. The minimum atomic E-state index is -1.01. The van der Waals surface area contributed by atoms with E-state index in [9.17, 15) is 4.79 Å². The summed E-state index contributed by atoms with van der Waals surface area (Å²) in [6, 6.07) is 8.69. The molecular weight excluding hydrogens is 230 g/mol. The summed E-state index contributed by atoms with van der Waals surface area (Å²) in [5.41, 5.74) is 1.87. The van der Waals surface area contributed by atoms with Gasteiger partial charge in [-0.3, -0.25) is 0 Å². The molecule has 0 spiro atoms. The fourth-order valence-electron chi connectivity index (χ4n) is 1.58. The standard InChI is InChI=1S/C14H13NO3/c1-9-5-6-12(11(8-9)14(16)17)18-13-10(2)4-3-7-15-13/h3-8H,1-2H3,(H,16,17). The second-order valence-corrected chi connectivity index (χ2v) is 4.03. The van der Waals surface area contributed by atoms with Crippen LogP contribution >= 0.6 is 0 Å². The fourth-order valence-corrected chi connectivity index (χ4v) is 1.58. The van der Waals surface area contributed by atoms with Crippen molar-refractivity contribution in [2.24, 2.45) is 0 Å². The Morgan fingerprint density at radius 3 is 2.72 bits per heavy atom. The highest BCUT2D eigenvalue weighted by molar-refractivity contribution is 5.91. The van der Waals surface area contributed by atoms with Gasteiger partial charge in [-0.1, -0.05) is 17.7 Å². The van der Waals surface area contributed by atoms with E-state index in [0.717, 1.165) is 11.1 Å². The molecule has 1 aromatic heterocycles. The van der Waals surface area contributed by atoms with Crippen LogP contribution in [0.4, 0.5) is 0 Å². The molecule has 0 amide bonds. The van der Waals surface area contributed by atoms with Gasteiger partial charge in [0, 0.05) is 11.8 Å². The molecule has 0 aliphatic heterocycles. The summed E-state index contributed by atoms with van der Waals surface area (Å²) < 4.78 is 5.56. The van der Waals surface area contributed by atoms with Gasteiger partial charge in [-0.2, -0.15) is 0 Å². The van der Waals surface area contributed by atoms with Gasteiger partial charge in [0.2, 0.25) is 5.88 Å². The van der Waals surface area contributed by atoms with Crippen LogP contribution in [-0.2, 0) is 0 Å². The molecule has 0 aliphatic rings. The predicted molar refractivity (Wildman–Crippen MR) is 67.2 cm³/mol. The molecule has 18 heavy (non-hydrogen) atoms. The number of aromatic carboxylic acids is 1. The maximum absolute atomic E-state index is 11.1. The smallest absolute Gasteiger partial charge is 0.339 e.